The Kier molecular flexibility index (Phi) is 4.14. The molecule has 0 aliphatic rings. The second-order valence-electron chi connectivity index (χ2n) is 4.94. The van der Waals surface area contributed by atoms with Gasteiger partial charge in [-0.2, -0.15) is 5.10 Å². The van der Waals surface area contributed by atoms with Gasteiger partial charge in [-0.15, -0.1) is 0 Å². The summed E-state index contributed by atoms with van der Waals surface area (Å²) in [5.74, 6) is 0. The minimum atomic E-state index is 0.224. The van der Waals surface area contributed by atoms with E-state index in [2.05, 4.69) is 45.0 Å². The lowest BCUT2D eigenvalue weighted by atomic mass is 9.93. The Hall–Kier alpha value is -0.830. The lowest BCUT2D eigenvalue weighted by molar-refractivity contribution is 0.299. The quantitative estimate of drug-likeness (QED) is 0.831. The van der Waals surface area contributed by atoms with Crippen molar-refractivity contribution in [3.8, 4) is 0 Å². The number of hydrogen-bond donors (Lipinski definition) is 1. The molecule has 1 aromatic heterocycles. The van der Waals surface area contributed by atoms with Gasteiger partial charge in [0.1, 0.15) is 0 Å². The van der Waals surface area contributed by atoms with Gasteiger partial charge in [0.25, 0.3) is 0 Å². The number of nitrogens with zero attached hydrogens (tertiary/aromatic N) is 2. The molecule has 1 heterocycles. The lowest BCUT2D eigenvalue weighted by Crippen LogP contribution is -2.42. The Morgan fingerprint density at radius 1 is 1.44 bits per heavy atom. The highest BCUT2D eigenvalue weighted by atomic mass is 15.3. The first-order valence-corrected chi connectivity index (χ1v) is 6.19. The van der Waals surface area contributed by atoms with Gasteiger partial charge in [0.15, 0.2) is 0 Å². The second kappa shape index (κ2) is 5.00. The third-order valence-electron chi connectivity index (χ3n) is 3.87. The molecule has 0 fully saturated rings. The molecule has 3 nitrogen and oxygen atoms in total. The van der Waals surface area contributed by atoms with Crippen molar-refractivity contribution in [3.05, 3.63) is 17.5 Å². The highest BCUT2D eigenvalue weighted by Crippen LogP contribution is 2.22. The summed E-state index contributed by atoms with van der Waals surface area (Å²) in [6.45, 7) is 11.1. The zero-order valence-corrected chi connectivity index (χ0v) is 11.5. The predicted molar refractivity (Wildman–Crippen MR) is 68.5 cm³/mol. The molecule has 0 spiro atoms. The number of aryl methyl sites for hydroxylation is 1. The predicted octanol–water partition coefficient (Wildman–Crippen LogP) is 2.96. The zero-order valence-electron chi connectivity index (χ0n) is 11.5. The summed E-state index contributed by atoms with van der Waals surface area (Å²) in [5.41, 5.74) is 2.77. The molecule has 1 N–H and O–H groups in total. The molecule has 1 unspecified atom stereocenters. The largest absolute Gasteiger partial charge is 0.305 e. The van der Waals surface area contributed by atoms with Crippen molar-refractivity contribution in [3.63, 3.8) is 0 Å². The van der Waals surface area contributed by atoms with Gasteiger partial charge in [-0.25, -0.2) is 0 Å². The van der Waals surface area contributed by atoms with E-state index in [1.165, 1.54) is 11.3 Å². The Morgan fingerprint density at radius 2 is 2.00 bits per heavy atom. The monoisotopic (exact) mass is 223 g/mol. The maximum Gasteiger partial charge on any atom is 0.0540 e. The molecule has 1 aromatic rings. The SMILES string of the molecule is CCC(C)(CC)NC(C)c1cnn(C)c1C. The first kappa shape index (κ1) is 13.2. The summed E-state index contributed by atoms with van der Waals surface area (Å²) in [6.07, 6.45) is 4.26. The molecule has 92 valence electrons. The summed E-state index contributed by atoms with van der Waals surface area (Å²) in [7, 11) is 1.99. The fraction of sp³-hybridized carbons (Fsp3) is 0.769. The van der Waals surface area contributed by atoms with Crippen LogP contribution in [0.4, 0.5) is 0 Å². The van der Waals surface area contributed by atoms with Crippen molar-refractivity contribution in [1.82, 2.24) is 15.1 Å². The molecule has 0 aliphatic carbocycles. The molecule has 0 amide bonds. The summed E-state index contributed by atoms with van der Waals surface area (Å²) in [6, 6.07) is 0.360. The molecule has 0 aliphatic heterocycles. The molecule has 3 heteroatoms. The minimum Gasteiger partial charge on any atom is -0.305 e. The first-order valence-electron chi connectivity index (χ1n) is 6.19. The van der Waals surface area contributed by atoms with E-state index < -0.39 is 0 Å². The fourth-order valence-corrected chi connectivity index (χ4v) is 2.00. The maximum absolute atomic E-state index is 4.30. The number of aromatic nitrogens is 2. The normalized spacial score (nSPS) is 14.1. The zero-order chi connectivity index (χ0) is 12.3. The molecule has 0 radical (unpaired) electrons. The molecular weight excluding hydrogens is 198 g/mol. The molecule has 1 atom stereocenters. The average Bonchev–Trinajstić information content (AvgIpc) is 2.59. The van der Waals surface area contributed by atoms with Crippen molar-refractivity contribution in [2.45, 2.75) is 59.0 Å². The van der Waals surface area contributed by atoms with Crippen molar-refractivity contribution in [2.75, 3.05) is 0 Å². The standard InChI is InChI=1S/C13H25N3/c1-7-13(5,8-2)15-10(3)12-9-14-16(6)11(12)4/h9-10,15H,7-8H2,1-6H3. The molecule has 0 bridgehead atoms. The van der Waals surface area contributed by atoms with Crippen LogP contribution in [0.25, 0.3) is 0 Å². The third-order valence-corrected chi connectivity index (χ3v) is 3.87. The fourth-order valence-electron chi connectivity index (χ4n) is 2.00. The van der Waals surface area contributed by atoms with Gasteiger partial charge < -0.3 is 5.32 Å². The Morgan fingerprint density at radius 3 is 2.38 bits per heavy atom. The van der Waals surface area contributed by atoms with E-state index >= 15 is 0 Å². The van der Waals surface area contributed by atoms with Gasteiger partial charge in [-0.3, -0.25) is 4.68 Å². The van der Waals surface area contributed by atoms with Crippen LogP contribution in [-0.4, -0.2) is 15.3 Å². The Labute approximate surface area is 99.2 Å². The first-order chi connectivity index (χ1) is 7.43. The molecule has 0 saturated carbocycles. The van der Waals surface area contributed by atoms with E-state index in [-0.39, 0.29) is 5.54 Å². The number of hydrogen-bond acceptors (Lipinski definition) is 2. The molecule has 0 saturated heterocycles. The van der Waals surface area contributed by atoms with E-state index in [4.69, 9.17) is 0 Å². The molecule has 1 rings (SSSR count). The number of rotatable bonds is 5. The molecule has 0 aromatic carbocycles. The Bertz CT molecular complexity index is 337. The second-order valence-corrected chi connectivity index (χ2v) is 4.94. The van der Waals surface area contributed by atoms with Gasteiger partial charge in [0.05, 0.1) is 6.20 Å². The molecular formula is C13H25N3. The van der Waals surface area contributed by atoms with Crippen LogP contribution in [-0.2, 0) is 7.05 Å². The van der Waals surface area contributed by atoms with Gasteiger partial charge in [0.2, 0.25) is 0 Å². The van der Waals surface area contributed by atoms with Gasteiger partial charge >= 0.3 is 0 Å². The highest BCUT2D eigenvalue weighted by Gasteiger charge is 2.23. The highest BCUT2D eigenvalue weighted by molar-refractivity contribution is 5.20. The average molecular weight is 223 g/mol. The van der Waals surface area contributed by atoms with Crippen LogP contribution in [0.1, 0.15) is 57.8 Å². The van der Waals surface area contributed by atoms with Crippen LogP contribution < -0.4 is 5.32 Å². The van der Waals surface area contributed by atoms with Crippen LogP contribution in [0.5, 0.6) is 0 Å². The minimum absolute atomic E-state index is 0.224. The van der Waals surface area contributed by atoms with Crippen LogP contribution in [0.3, 0.4) is 0 Å². The van der Waals surface area contributed by atoms with Crippen molar-refractivity contribution >= 4 is 0 Å². The number of nitrogens with one attached hydrogen (secondary N) is 1. The molecule has 16 heavy (non-hydrogen) atoms. The van der Waals surface area contributed by atoms with Crippen LogP contribution in [0.2, 0.25) is 0 Å². The van der Waals surface area contributed by atoms with Gasteiger partial charge in [0, 0.05) is 29.9 Å². The van der Waals surface area contributed by atoms with Crippen LogP contribution in [0.15, 0.2) is 6.20 Å². The van der Waals surface area contributed by atoms with E-state index in [0.717, 1.165) is 12.8 Å². The van der Waals surface area contributed by atoms with E-state index in [1.54, 1.807) is 0 Å². The van der Waals surface area contributed by atoms with Crippen LogP contribution >= 0.6 is 0 Å². The summed E-state index contributed by atoms with van der Waals surface area (Å²) in [5, 5.41) is 8.01. The van der Waals surface area contributed by atoms with E-state index in [0.29, 0.717) is 6.04 Å². The van der Waals surface area contributed by atoms with Gasteiger partial charge in [-0.05, 0) is 33.6 Å². The third kappa shape index (κ3) is 2.64. The topological polar surface area (TPSA) is 29.9 Å². The van der Waals surface area contributed by atoms with Crippen molar-refractivity contribution in [2.24, 2.45) is 7.05 Å². The summed E-state index contributed by atoms with van der Waals surface area (Å²) < 4.78 is 1.93. The van der Waals surface area contributed by atoms with Crippen molar-refractivity contribution < 1.29 is 0 Å². The van der Waals surface area contributed by atoms with Crippen LogP contribution in [0, 0.1) is 6.92 Å². The van der Waals surface area contributed by atoms with E-state index in [1.807, 2.05) is 17.9 Å². The maximum atomic E-state index is 4.30. The summed E-state index contributed by atoms with van der Waals surface area (Å²) >= 11 is 0. The van der Waals surface area contributed by atoms with E-state index in [9.17, 15) is 0 Å². The Balaban J connectivity index is 2.79. The van der Waals surface area contributed by atoms with Crippen molar-refractivity contribution in [1.29, 1.82) is 0 Å². The summed E-state index contributed by atoms with van der Waals surface area (Å²) in [4.78, 5) is 0. The smallest absolute Gasteiger partial charge is 0.0540 e. The van der Waals surface area contributed by atoms with Gasteiger partial charge in [-0.1, -0.05) is 13.8 Å². The lowest BCUT2D eigenvalue weighted by Gasteiger charge is -2.32.